The molecule has 24 heavy (non-hydrogen) atoms. The lowest BCUT2D eigenvalue weighted by atomic mass is 10.2. The van der Waals surface area contributed by atoms with Gasteiger partial charge in [0.25, 0.3) is 5.91 Å². The van der Waals surface area contributed by atoms with Gasteiger partial charge in [-0.15, -0.1) is 0 Å². The number of esters is 2. The van der Waals surface area contributed by atoms with E-state index >= 15 is 0 Å². The van der Waals surface area contributed by atoms with Crippen LogP contribution < -0.4 is 5.32 Å². The SMILES string of the molecule is COC(=O)[C@@H](CNC(=O)c1ccccc1)OC(=O)c1ccccc1. The molecule has 1 amide bonds. The highest BCUT2D eigenvalue weighted by Crippen LogP contribution is 2.05. The largest absolute Gasteiger partial charge is 0.466 e. The van der Waals surface area contributed by atoms with E-state index in [-0.39, 0.29) is 12.5 Å². The van der Waals surface area contributed by atoms with Crippen LogP contribution in [0.25, 0.3) is 0 Å². The van der Waals surface area contributed by atoms with Gasteiger partial charge in [0.1, 0.15) is 0 Å². The van der Waals surface area contributed by atoms with E-state index in [0.717, 1.165) is 0 Å². The molecule has 0 bridgehead atoms. The fraction of sp³-hybridized carbons (Fsp3) is 0.167. The predicted molar refractivity (Wildman–Crippen MR) is 86.4 cm³/mol. The van der Waals surface area contributed by atoms with Crippen molar-refractivity contribution in [2.45, 2.75) is 6.10 Å². The van der Waals surface area contributed by atoms with Crippen molar-refractivity contribution in [2.75, 3.05) is 13.7 Å². The molecule has 0 unspecified atom stereocenters. The van der Waals surface area contributed by atoms with Gasteiger partial charge >= 0.3 is 11.9 Å². The Bertz CT molecular complexity index is 700. The van der Waals surface area contributed by atoms with E-state index in [4.69, 9.17) is 4.74 Å². The number of amides is 1. The third-order valence-electron chi connectivity index (χ3n) is 3.21. The number of carbonyl (C=O) groups excluding carboxylic acids is 3. The topological polar surface area (TPSA) is 81.7 Å². The molecule has 0 fully saturated rings. The van der Waals surface area contributed by atoms with Gasteiger partial charge in [0.15, 0.2) is 0 Å². The Morgan fingerprint density at radius 3 is 2.00 bits per heavy atom. The molecule has 2 aromatic rings. The van der Waals surface area contributed by atoms with Gasteiger partial charge in [0.05, 0.1) is 19.2 Å². The van der Waals surface area contributed by atoms with Crippen LogP contribution in [0.5, 0.6) is 0 Å². The predicted octanol–water partition coefficient (Wildman–Crippen LogP) is 1.81. The monoisotopic (exact) mass is 327 g/mol. The van der Waals surface area contributed by atoms with Crippen LogP contribution in [0, 0.1) is 0 Å². The van der Waals surface area contributed by atoms with Crippen LogP contribution >= 0.6 is 0 Å². The maximum absolute atomic E-state index is 12.0. The van der Waals surface area contributed by atoms with E-state index < -0.39 is 18.0 Å². The average Bonchev–Trinajstić information content (AvgIpc) is 2.65. The first-order valence-corrected chi connectivity index (χ1v) is 7.29. The highest BCUT2D eigenvalue weighted by molar-refractivity contribution is 5.95. The Balaban J connectivity index is 2.00. The van der Waals surface area contributed by atoms with Gasteiger partial charge in [0.2, 0.25) is 6.10 Å². The van der Waals surface area contributed by atoms with Crippen molar-refractivity contribution in [3.05, 3.63) is 71.8 Å². The molecule has 0 aliphatic carbocycles. The Kier molecular flexibility index (Phi) is 6.08. The van der Waals surface area contributed by atoms with Crippen molar-refractivity contribution < 1.29 is 23.9 Å². The molecule has 0 spiro atoms. The second kappa shape index (κ2) is 8.47. The zero-order valence-corrected chi connectivity index (χ0v) is 13.1. The lowest BCUT2D eigenvalue weighted by Gasteiger charge is -2.16. The Morgan fingerprint density at radius 1 is 0.917 bits per heavy atom. The lowest BCUT2D eigenvalue weighted by Crippen LogP contribution is -2.40. The third kappa shape index (κ3) is 4.67. The zero-order valence-electron chi connectivity index (χ0n) is 13.1. The Morgan fingerprint density at radius 2 is 1.46 bits per heavy atom. The molecule has 0 aliphatic heterocycles. The molecule has 2 rings (SSSR count). The van der Waals surface area contributed by atoms with Gasteiger partial charge in [-0.2, -0.15) is 0 Å². The number of methoxy groups -OCH3 is 1. The van der Waals surface area contributed by atoms with Crippen LogP contribution in [0.2, 0.25) is 0 Å². The minimum atomic E-state index is -1.23. The fourth-order valence-corrected chi connectivity index (χ4v) is 1.95. The number of carbonyl (C=O) groups is 3. The van der Waals surface area contributed by atoms with Crippen LogP contribution in [-0.4, -0.2) is 37.6 Å². The number of ether oxygens (including phenoxy) is 2. The second-order valence-corrected chi connectivity index (χ2v) is 4.86. The molecule has 1 atom stereocenters. The summed E-state index contributed by atoms with van der Waals surface area (Å²) in [6.45, 7) is -0.182. The summed E-state index contributed by atoms with van der Waals surface area (Å²) in [6, 6.07) is 16.8. The van der Waals surface area contributed by atoms with Crippen LogP contribution in [0.3, 0.4) is 0 Å². The summed E-state index contributed by atoms with van der Waals surface area (Å²) in [5, 5.41) is 2.55. The lowest BCUT2D eigenvalue weighted by molar-refractivity contribution is -0.150. The van der Waals surface area contributed by atoms with E-state index in [2.05, 4.69) is 10.1 Å². The summed E-state index contributed by atoms with van der Waals surface area (Å²) < 4.78 is 9.77. The normalized spacial score (nSPS) is 11.2. The summed E-state index contributed by atoms with van der Waals surface area (Å²) in [5.74, 6) is -1.78. The van der Waals surface area contributed by atoms with Crippen LogP contribution in [0.1, 0.15) is 20.7 Å². The van der Waals surface area contributed by atoms with Crippen molar-refractivity contribution in [2.24, 2.45) is 0 Å². The molecule has 6 heteroatoms. The van der Waals surface area contributed by atoms with Crippen LogP contribution in [0.4, 0.5) is 0 Å². The molecule has 0 aliphatic rings. The highest BCUT2D eigenvalue weighted by atomic mass is 16.6. The molecular weight excluding hydrogens is 310 g/mol. The van der Waals surface area contributed by atoms with Crippen molar-refractivity contribution in [3.63, 3.8) is 0 Å². The van der Waals surface area contributed by atoms with Crippen molar-refractivity contribution >= 4 is 17.8 Å². The molecule has 0 heterocycles. The van der Waals surface area contributed by atoms with Crippen LogP contribution in [-0.2, 0) is 14.3 Å². The number of hydrogen-bond acceptors (Lipinski definition) is 5. The quantitative estimate of drug-likeness (QED) is 0.818. The fourth-order valence-electron chi connectivity index (χ4n) is 1.95. The standard InChI is InChI=1S/C18H17NO5/c1-23-18(22)15(24-17(21)14-10-6-3-7-11-14)12-19-16(20)13-8-4-2-5-9-13/h2-11,15H,12H2,1H3,(H,19,20)/t15-/m1/s1. The zero-order chi connectivity index (χ0) is 17.4. The number of benzene rings is 2. The summed E-state index contributed by atoms with van der Waals surface area (Å²) in [7, 11) is 1.19. The molecule has 0 radical (unpaired) electrons. The molecular formula is C18H17NO5. The van der Waals surface area contributed by atoms with E-state index in [1.165, 1.54) is 7.11 Å². The molecule has 0 saturated heterocycles. The first-order valence-electron chi connectivity index (χ1n) is 7.29. The molecule has 2 aromatic carbocycles. The van der Waals surface area contributed by atoms with Crippen molar-refractivity contribution in [1.82, 2.24) is 5.32 Å². The van der Waals surface area contributed by atoms with Crippen LogP contribution in [0.15, 0.2) is 60.7 Å². The smallest absolute Gasteiger partial charge is 0.349 e. The third-order valence-corrected chi connectivity index (χ3v) is 3.21. The maximum Gasteiger partial charge on any atom is 0.349 e. The van der Waals surface area contributed by atoms with Crippen molar-refractivity contribution in [1.29, 1.82) is 0 Å². The van der Waals surface area contributed by atoms with Gasteiger partial charge < -0.3 is 14.8 Å². The molecule has 0 saturated carbocycles. The van der Waals surface area contributed by atoms with E-state index in [1.807, 2.05) is 0 Å². The average molecular weight is 327 g/mol. The highest BCUT2D eigenvalue weighted by Gasteiger charge is 2.25. The minimum Gasteiger partial charge on any atom is -0.466 e. The minimum absolute atomic E-state index is 0.182. The van der Waals surface area contributed by atoms with Gasteiger partial charge in [-0.3, -0.25) is 4.79 Å². The van der Waals surface area contributed by atoms with E-state index in [0.29, 0.717) is 11.1 Å². The Hall–Kier alpha value is -3.15. The summed E-state index contributed by atoms with van der Waals surface area (Å²) in [6.07, 6.45) is -1.23. The first-order chi connectivity index (χ1) is 11.6. The second-order valence-electron chi connectivity index (χ2n) is 4.86. The molecule has 0 aromatic heterocycles. The summed E-state index contributed by atoms with van der Waals surface area (Å²) >= 11 is 0. The first kappa shape index (κ1) is 17.2. The van der Waals surface area contributed by atoms with Crippen molar-refractivity contribution in [3.8, 4) is 0 Å². The van der Waals surface area contributed by atoms with Gasteiger partial charge in [-0.05, 0) is 24.3 Å². The van der Waals surface area contributed by atoms with Gasteiger partial charge in [0, 0.05) is 5.56 Å². The van der Waals surface area contributed by atoms with Gasteiger partial charge in [-0.25, -0.2) is 9.59 Å². The van der Waals surface area contributed by atoms with E-state index in [1.54, 1.807) is 60.7 Å². The van der Waals surface area contributed by atoms with Gasteiger partial charge in [-0.1, -0.05) is 36.4 Å². The molecule has 124 valence electrons. The number of rotatable bonds is 6. The molecule has 6 nitrogen and oxygen atoms in total. The molecule has 1 N–H and O–H groups in total. The maximum atomic E-state index is 12.0. The number of nitrogens with one attached hydrogen (secondary N) is 1. The number of hydrogen-bond donors (Lipinski definition) is 1. The Labute approximate surface area is 139 Å². The van der Waals surface area contributed by atoms with E-state index in [9.17, 15) is 14.4 Å². The summed E-state index contributed by atoms with van der Waals surface area (Å²) in [5.41, 5.74) is 0.747. The summed E-state index contributed by atoms with van der Waals surface area (Å²) in [4.78, 5) is 35.8.